The van der Waals surface area contributed by atoms with Crippen LogP contribution in [0.1, 0.15) is 30.3 Å². The van der Waals surface area contributed by atoms with E-state index in [2.05, 4.69) is 42.0 Å². The smallest absolute Gasteiger partial charge is 0.249 e. The molecule has 0 spiro atoms. The lowest BCUT2D eigenvalue weighted by molar-refractivity contribution is 0.354. The number of halogens is 1. The third-order valence-electron chi connectivity index (χ3n) is 4.24. The quantitative estimate of drug-likeness (QED) is 0.663. The first-order valence-corrected chi connectivity index (χ1v) is 8.77. The lowest BCUT2D eigenvalue weighted by Crippen LogP contribution is -2.24. The molecule has 4 rings (SSSR count). The molecule has 0 N–H and O–H groups in total. The number of aromatic nitrogens is 3. The molecule has 1 aliphatic rings. The topological polar surface area (TPSA) is 78.8 Å². The van der Waals surface area contributed by atoms with Crippen molar-refractivity contribution in [3.63, 3.8) is 0 Å². The second kappa shape index (κ2) is 6.65. The highest BCUT2D eigenvalue weighted by Gasteiger charge is 2.33. The first-order valence-electron chi connectivity index (χ1n) is 7.97. The summed E-state index contributed by atoms with van der Waals surface area (Å²) in [6.07, 6.45) is 3.58. The van der Waals surface area contributed by atoms with Crippen molar-refractivity contribution in [2.45, 2.75) is 18.9 Å². The second-order valence-electron chi connectivity index (χ2n) is 5.80. The van der Waals surface area contributed by atoms with E-state index < -0.39 is 0 Å². The van der Waals surface area contributed by atoms with Crippen molar-refractivity contribution < 1.29 is 4.52 Å². The maximum atomic E-state index is 9.34. The maximum Gasteiger partial charge on any atom is 0.249 e. The Morgan fingerprint density at radius 3 is 3.04 bits per heavy atom. The second-order valence-corrected chi connectivity index (χ2v) is 6.72. The van der Waals surface area contributed by atoms with E-state index in [9.17, 15) is 5.26 Å². The summed E-state index contributed by atoms with van der Waals surface area (Å²) in [5.74, 6) is 1.79. The summed E-state index contributed by atoms with van der Waals surface area (Å²) in [7, 11) is 0. The average Bonchev–Trinajstić information content (AvgIpc) is 3.30. The zero-order chi connectivity index (χ0) is 17.2. The fourth-order valence-corrected chi connectivity index (χ4v) is 3.50. The third-order valence-corrected chi connectivity index (χ3v) is 4.73. The standard InChI is InChI=1S/C18H14BrN5O/c19-14-6-1-4-12(10-14)16-22-18(25-23-16)15-7-3-9-24(15)17-13(11-20)5-2-8-21-17/h1-2,4-6,8,10,15H,3,7,9H2/t15-/m0/s1. The number of hydrogen-bond donors (Lipinski definition) is 0. The van der Waals surface area contributed by atoms with Crippen LogP contribution in [0.5, 0.6) is 0 Å². The van der Waals surface area contributed by atoms with Crippen LogP contribution in [0.3, 0.4) is 0 Å². The van der Waals surface area contributed by atoms with E-state index in [0.717, 1.165) is 29.4 Å². The van der Waals surface area contributed by atoms with Gasteiger partial charge in [0.05, 0.1) is 5.56 Å². The van der Waals surface area contributed by atoms with Gasteiger partial charge >= 0.3 is 0 Å². The number of pyridine rings is 1. The molecule has 1 aromatic carbocycles. The summed E-state index contributed by atoms with van der Waals surface area (Å²) in [5, 5.41) is 13.5. The Balaban J connectivity index is 1.67. The molecule has 0 unspecified atom stereocenters. The number of nitriles is 1. The van der Waals surface area contributed by atoms with Crippen LogP contribution in [0.4, 0.5) is 5.82 Å². The number of nitrogens with zero attached hydrogens (tertiary/aromatic N) is 5. The summed E-state index contributed by atoms with van der Waals surface area (Å²) in [6.45, 7) is 0.810. The summed E-state index contributed by atoms with van der Waals surface area (Å²) in [5.41, 5.74) is 1.45. The molecule has 0 bridgehead atoms. The van der Waals surface area contributed by atoms with Gasteiger partial charge in [0.25, 0.3) is 0 Å². The van der Waals surface area contributed by atoms with Crippen LogP contribution in [-0.4, -0.2) is 21.7 Å². The fourth-order valence-electron chi connectivity index (χ4n) is 3.11. The molecule has 1 fully saturated rings. The van der Waals surface area contributed by atoms with Gasteiger partial charge in [-0.1, -0.05) is 33.2 Å². The van der Waals surface area contributed by atoms with Crippen LogP contribution < -0.4 is 4.90 Å². The zero-order valence-corrected chi connectivity index (χ0v) is 14.8. The first-order chi connectivity index (χ1) is 12.3. The molecule has 2 aromatic heterocycles. The van der Waals surface area contributed by atoms with Crippen LogP contribution >= 0.6 is 15.9 Å². The van der Waals surface area contributed by atoms with Gasteiger partial charge in [-0.15, -0.1) is 0 Å². The van der Waals surface area contributed by atoms with Gasteiger partial charge in [0.15, 0.2) is 0 Å². The third kappa shape index (κ3) is 3.01. The molecule has 124 valence electrons. The molecular formula is C18H14BrN5O. The van der Waals surface area contributed by atoms with E-state index >= 15 is 0 Å². The Labute approximate surface area is 153 Å². The van der Waals surface area contributed by atoms with Crippen molar-refractivity contribution in [1.82, 2.24) is 15.1 Å². The Morgan fingerprint density at radius 1 is 1.28 bits per heavy atom. The van der Waals surface area contributed by atoms with Crippen LogP contribution in [0.2, 0.25) is 0 Å². The minimum absolute atomic E-state index is 0.0598. The molecular weight excluding hydrogens is 382 g/mol. The predicted octanol–water partition coefficient (Wildman–Crippen LogP) is 4.11. The van der Waals surface area contributed by atoms with Crippen LogP contribution in [0.15, 0.2) is 51.6 Å². The highest BCUT2D eigenvalue weighted by molar-refractivity contribution is 9.10. The van der Waals surface area contributed by atoms with Gasteiger partial charge in [-0.05, 0) is 37.1 Å². The van der Waals surface area contributed by atoms with Gasteiger partial charge in [0, 0.05) is 22.8 Å². The Bertz CT molecular complexity index is 948. The molecule has 25 heavy (non-hydrogen) atoms. The SMILES string of the molecule is N#Cc1cccnc1N1CCC[C@H]1c1nc(-c2cccc(Br)c2)no1. The van der Waals surface area contributed by atoms with Crippen molar-refractivity contribution in [2.24, 2.45) is 0 Å². The van der Waals surface area contributed by atoms with Crippen molar-refractivity contribution in [2.75, 3.05) is 11.4 Å². The monoisotopic (exact) mass is 395 g/mol. The van der Waals surface area contributed by atoms with Crippen LogP contribution in [-0.2, 0) is 0 Å². The molecule has 0 saturated carbocycles. The molecule has 7 heteroatoms. The molecule has 1 saturated heterocycles. The maximum absolute atomic E-state index is 9.34. The normalized spacial score (nSPS) is 16.8. The lowest BCUT2D eigenvalue weighted by atomic mass is 10.2. The largest absolute Gasteiger partial charge is 0.343 e. The minimum Gasteiger partial charge on any atom is -0.343 e. The van der Waals surface area contributed by atoms with E-state index in [1.165, 1.54) is 0 Å². The number of rotatable bonds is 3. The fraction of sp³-hybridized carbons (Fsp3) is 0.222. The van der Waals surface area contributed by atoms with Gasteiger partial charge in [-0.25, -0.2) is 4.98 Å². The van der Waals surface area contributed by atoms with Gasteiger partial charge in [0.2, 0.25) is 11.7 Å². The zero-order valence-electron chi connectivity index (χ0n) is 13.3. The van der Waals surface area contributed by atoms with Gasteiger partial charge in [-0.2, -0.15) is 10.2 Å². The molecule has 6 nitrogen and oxygen atoms in total. The summed E-state index contributed by atoms with van der Waals surface area (Å²) in [6, 6.07) is 13.5. The molecule has 0 aliphatic carbocycles. The Kier molecular flexibility index (Phi) is 4.20. The van der Waals surface area contributed by atoms with Gasteiger partial charge in [-0.3, -0.25) is 0 Å². The summed E-state index contributed by atoms with van der Waals surface area (Å²) >= 11 is 3.46. The molecule has 0 radical (unpaired) electrons. The minimum atomic E-state index is -0.0598. The summed E-state index contributed by atoms with van der Waals surface area (Å²) < 4.78 is 6.50. The van der Waals surface area contributed by atoms with Crippen molar-refractivity contribution in [1.29, 1.82) is 5.26 Å². The number of hydrogen-bond acceptors (Lipinski definition) is 6. The molecule has 3 aromatic rings. The van der Waals surface area contributed by atoms with Crippen LogP contribution in [0, 0.1) is 11.3 Å². The Morgan fingerprint density at radius 2 is 2.20 bits per heavy atom. The van der Waals surface area contributed by atoms with E-state index in [1.54, 1.807) is 18.3 Å². The average molecular weight is 396 g/mol. The van der Waals surface area contributed by atoms with E-state index in [-0.39, 0.29) is 6.04 Å². The Hall–Kier alpha value is -2.72. The lowest BCUT2D eigenvalue weighted by Gasteiger charge is -2.23. The van der Waals surface area contributed by atoms with E-state index in [0.29, 0.717) is 23.1 Å². The number of benzene rings is 1. The van der Waals surface area contributed by atoms with E-state index in [4.69, 9.17) is 4.52 Å². The van der Waals surface area contributed by atoms with Crippen molar-refractivity contribution in [3.8, 4) is 17.5 Å². The molecule has 1 atom stereocenters. The highest BCUT2D eigenvalue weighted by Crippen LogP contribution is 2.36. The predicted molar refractivity (Wildman–Crippen MR) is 95.7 cm³/mol. The molecule has 1 aliphatic heterocycles. The summed E-state index contributed by atoms with van der Waals surface area (Å²) in [4.78, 5) is 11.1. The van der Waals surface area contributed by atoms with Gasteiger partial charge < -0.3 is 9.42 Å². The first kappa shape index (κ1) is 15.8. The van der Waals surface area contributed by atoms with Crippen LogP contribution in [0.25, 0.3) is 11.4 Å². The van der Waals surface area contributed by atoms with Crippen molar-refractivity contribution in [3.05, 3.63) is 58.5 Å². The molecule has 3 heterocycles. The van der Waals surface area contributed by atoms with Crippen molar-refractivity contribution >= 4 is 21.7 Å². The number of anilines is 1. The molecule has 0 amide bonds. The van der Waals surface area contributed by atoms with Gasteiger partial charge in [0.1, 0.15) is 17.9 Å². The van der Waals surface area contributed by atoms with E-state index in [1.807, 2.05) is 24.3 Å². The highest BCUT2D eigenvalue weighted by atomic mass is 79.9.